The molecule has 2 rings (SSSR count). The number of nitrogens with zero attached hydrogens (tertiary/aromatic N) is 1. The standard InChI is InChI=1S/C16H24N2O3S/c1-3-14-4-6-15(7-5-14)22(20,21)17-12-16(19)18-10-8-13(2)9-11-18/h4-7,13,17H,3,8-12H2,1-2H3. The highest BCUT2D eigenvalue weighted by Crippen LogP contribution is 2.16. The van der Waals surface area contributed by atoms with Crippen LogP contribution in [0.2, 0.25) is 0 Å². The van der Waals surface area contributed by atoms with E-state index in [0.29, 0.717) is 19.0 Å². The summed E-state index contributed by atoms with van der Waals surface area (Å²) in [7, 11) is -3.63. The van der Waals surface area contributed by atoms with Crippen LogP contribution < -0.4 is 4.72 Å². The Balaban J connectivity index is 1.92. The number of nitrogens with one attached hydrogen (secondary N) is 1. The van der Waals surface area contributed by atoms with Gasteiger partial charge in [0, 0.05) is 13.1 Å². The Morgan fingerprint density at radius 3 is 2.36 bits per heavy atom. The van der Waals surface area contributed by atoms with Crippen LogP contribution in [0.4, 0.5) is 0 Å². The van der Waals surface area contributed by atoms with Gasteiger partial charge in [-0.2, -0.15) is 0 Å². The van der Waals surface area contributed by atoms with E-state index in [-0.39, 0.29) is 17.3 Å². The van der Waals surface area contributed by atoms with E-state index in [1.807, 2.05) is 6.92 Å². The van der Waals surface area contributed by atoms with Crippen molar-refractivity contribution in [2.75, 3.05) is 19.6 Å². The topological polar surface area (TPSA) is 66.5 Å². The molecule has 0 bridgehead atoms. The molecule has 122 valence electrons. The number of piperidine rings is 1. The van der Waals surface area contributed by atoms with Crippen LogP contribution in [-0.2, 0) is 21.2 Å². The summed E-state index contributed by atoms with van der Waals surface area (Å²) in [6, 6.07) is 6.74. The van der Waals surface area contributed by atoms with Crippen molar-refractivity contribution in [3.05, 3.63) is 29.8 Å². The molecule has 1 amide bonds. The minimum absolute atomic E-state index is 0.152. The maximum absolute atomic E-state index is 12.2. The number of amides is 1. The lowest BCUT2D eigenvalue weighted by Gasteiger charge is -2.30. The van der Waals surface area contributed by atoms with E-state index in [2.05, 4.69) is 11.6 Å². The predicted molar refractivity (Wildman–Crippen MR) is 86.0 cm³/mol. The van der Waals surface area contributed by atoms with Crippen molar-refractivity contribution in [2.45, 2.75) is 38.0 Å². The van der Waals surface area contributed by atoms with Crippen LogP contribution in [0.1, 0.15) is 32.3 Å². The fourth-order valence-corrected chi connectivity index (χ4v) is 3.49. The first-order valence-electron chi connectivity index (χ1n) is 7.78. The molecule has 1 fully saturated rings. The third-order valence-corrected chi connectivity index (χ3v) is 5.61. The molecule has 22 heavy (non-hydrogen) atoms. The number of rotatable bonds is 5. The molecule has 0 unspecified atom stereocenters. The van der Waals surface area contributed by atoms with Crippen molar-refractivity contribution in [2.24, 2.45) is 5.92 Å². The van der Waals surface area contributed by atoms with E-state index in [9.17, 15) is 13.2 Å². The van der Waals surface area contributed by atoms with Crippen LogP contribution in [0.5, 0.6) is 0 Å². The van der Waals surface area contributed by atoms with Gasteiger partial charge in [-0.1, -0.05) is 26.0 Å². The van der Waals surface area contributed by atoms with Gasteiger partial charge in [-0.15, -0.1) is 0 Å². The lowest BCUT2D eigenvalue weighted by atomic mass is 9.99. The van der Waals surface area contributed by atoms with Gasteiger partial charge in [0.1, 0.15) is 0 Å². The second-order valence-corrected chi connectivity index (χ2v) is 7.65. The molecule has 1 N–H and O–H groups in total. The van der Waals surface area contributed by atoms with Gasteiger partial charge in [-0.25, -0.2) is 13.1 Å². The van der Waals surface area contributed by atoms with E-state index < -0.39 is 10.0 Å². The molecule has 0 atom stereocenters. The Morgan fingerprint density at radius 2 is 1.82 bits per heavy atom. The van der Waals surface area contributed by atoms with E-state index in [4.69, 9.17) is 0 Å². The van der Waals surface area contributed by atoms with Gasteiger partial charge in [-0.05, 0) is 42.9 Å². The van der Waals surface area contributed by atoms with Gasteiger partial charge in [0.15, 0.2) is 0 Å². The maximum Gasteiger partial charge on any atom is 0.241 e. The van der Waals surface area contributed by atoms with Crippen molar-refractivity contribution in [1.82, 2.24) is 9.62 Å². The van der Waals surface area contributed by atoms with Crippen molar-refractivity contribution in [3.8, 4) is 0 Å². The van der Waals surface area contributed by atoms with Gasteiger partial charge >= 0.3 is 0 Å². The average molecular weight is 324 g/mol. The lowest BCUT2D eigenvalue weighted by molar-refractivity contribution is -0.131. The van der Waals surface area contributed by atoms with Crippen molar-refractivity contribution in [1.29, 1.82) is 0 Å². The molecule has 0 aromatic heterocycles. The number of likely N-dealkylation sites (tertiary alicyclic amines) is 1. The van der Waals surface area contributed by atoms with Crippen LogP contribution in [0.25, 0.3) is 0 Å². The van der Waals surface area contributed by atoms with Gasteiger partial charge in [0.05, 0.1) is 11.4 Å². The number of carbonyl (C=O) groups excluding carboxylic acids is 1. The molecule has 0 spiro atoms. The number of carbonyl (C=O) groups is 1. The van der Waals surface area contributed by atoms with Crippen LogP contribution in [0, 0.1) is 5.92 Å². The smallest absolute Gasteiger partial charge is 0.241 e. The highest BCUT2D eigenvalue weighted by Gasteiger charge is 2.22. The van der Waals surface area contributed by atoms with Crippen LogP contribution >= 0.6 is 0 Å². The molecule has 0 radical (unpaired) electrons. The summed E-state index contributed by atoms with van der Waals surface area (Å²) >= 11 is 0. The highest BCUT2D eigenvalue weighted by atomic mass is 32.2. The van der Waals surface area contributed by atoms with E-state index in [1.54, 1.807) is 29.2 Å². The monoisotopic (exact) mass is 324 g/mol. The minimum atomic E-state index is -3.63. The van der Waals surface area contributed by atoms with Gasteiger partial charge < -0.3 is 4.90 Å². The molecule has 1 saturated heterocycles. The number of benzene rings is 1. The quantitative estimate of drug-likeness (QED) is 0.898. The van der Waals surface area contributed by atoms with Crippen molar-refractivity contribution >= 4 is 15.9 Å². The zero-order chi connectivity index (χ0) is 16.2. The van der Waals surface area contributed by atoms with E-state index in [1.165, 1.54) is 0 Å². The number of hydrogen-bond donors (Lipinski definition) is 1. The minimum Gasteiger partial charge on any atom is -0.342 e. The number of hydrogen-bond acceptors (Lipinski definition) is 3. The molecule has 0 aliphatic carbocycles. The Morgan fingerprint density at radius 1 is 1.23 bits per heavy atom. The first-order valence-corrected chi connectivity index (χ1v) is 9.27. The highest BCUT2D eigenvalue weighted by molar-refractivity contribution is 7.89. The van der Waals surface area contributed by atoms with Gasteiger partial charge in [0.25, 0.3) is 0 Å². The zero-order valence-electron chi connectivity index (χ0n) is 13.2. The number of sulfonamides is 1. The molecule has 0 saturated carbocycles. The third-order valence-electron chi connectivity index (χ3n) is 4.19. The summed E-state index contributed by atoms with van der Waals surface area (Å²) < 4.78 is 26.8. The fourth-order valence-electron chi connectivity index (χ4n) is 2.51. The Bertz CT molecular complexity index is 603. The molecule has 6 heteroatoms. The van der Waals surface area contributed by atoms with Crippen LogP contribution in [-0.4, -0.2) is 38.9 Å². The first kappa shape index (κ1) is 17.0. The fraction of sp³-hybridized carbons (Fsp3) is 0.562. The Hall–Kier alpha value is -1.40. The Kier molecular flexibility index (Phi) is 5.58. The summed E-state index contributed by atoms with van der Waals surface area (Å²) in [4.78, 5) is 14.0. The predicted octanol–water partition coefficient (Wildman–Crippen LogP) is 1.79. The first-order chi connectivity index (χ1) is 10.4. The zero-order valence-corrected chi connectivity index (χ0v) is 14.0. The van der Waals surface area contributed by atoms with E-state index >= 15 is 0 Å². The van der Waals surface area contributed by atoms with Crippen molar-refractivity contribution in [3.63, 3.8) is 0 Å². The lowest BCUT2D eigenvalue weighted by Crippen LogP contribution is -2.43. The summed E-state index contributed by atoms with van der Waals surface area (Å²) in [5.41, 5.74) is 1.08. The average Bonchev–Trinajstić information content (AvgIpc) is 2.53. The largest absolute Gasteiger partial charge is 0.342 e. The van der Waals surface area contributed by atoms with Gasteiger partial charge in [0.2, 0.25) is 15.9 Å². The molecular formula is C16H24N2O3S. The summed E-state index contributed by atoms with van der Waals surface area (Å²) in [5.74, 6) is 0.485. The Labute approximate surface area is 132 Å². The third kappa shape index (κ3) is 4.30. The summed E-state index contributed by atoms with van der Waals surface area (Å²) in [6.07, 6.45) is 2.83. The maximum atomic E-state index is 12.2. The second-order valence-electron chi connectivity index (χ2n) is 5.89. The van der Waals surface area contributed by atoms with Crippen LogP contribution in [0.3, 0.4) is 0 Å². The summed E-state index contributed by atoms with van der Waals surface area (Å²) in [6.45, 7) is 5.44. The molecular weight excluding hydrogens is 300 g/mol. The number of aryl methyl sites for hydroxylation is 1. The molecule has 1 aliphatic rings. The normalized spacial score (nSPS) is 16.7. The molecule has 1 aromatic rings. The van der Waals surface area contributed by atoms with Crippen LogP contribution in [0.15, 0.2) is 29.2 Å². The van der Waals surface area contributed by atoms with E-state index in [0.717, 1.165) is 24.8 Å². The molecule has 1 aromatic carbocycles. The molecule has 1 heterocycles. The summed E-state index contributed by atoms with van der Waals surface area (Å²) in [5, 5.41) is 0. The molecule has 1 aliphatic heterocycles. The SMILES string of the molecule is CCc1ccc(S(=O)(=O)NCC(=O)N2CCC(C)CC2)cc1. The second kappa shape index (κ2) is 7.24. The van der Waals surface area contributed by atoms with Gasteiger partial charge in [-0.3, -0.25) is 4.79 Å². The van der Waals surface area contributed by atoms with Crippen molar-refractivity contribution < 1.29 is 13.2 Å². The molecule has 5 nitrogen and oxygen atoms in total.